The van der Waals surface area contributed by atoms with Gasteiger partial charge in [0.15, 0.2) is 0 Å². The standard InChI is InChI=1S/C22H32N2O/c1-6-10-21(14-18(4)13-17(2)3)19(5)23-16-22(25)24-15-20-11-8-7-9-12-20/h6-9,11-12,17,21,23H,1,4-5,10,13-16H2,2-3H3,(H,24,25). The first kappa shape index (κ1) is 20.8. The molecule has 1 aromatic carbocycles. The van der Waals surface area contributed by atoms with Crippen molar-refractivity contribution in [2.24, 2.45) is 11.8 Å². The third-order valence-electron chi connectivity index (χ3n) is 3.98. The molecule has 1 atom stereocenters. The summed E-state index contributed by atoms with van der Waals surface area (Å²) in [5.41, 5.74) is 3.18. The van der Waals surface area contributed by atoms with E-state index < -0.39 is 0 Å². The zero-order valence-electron chi connectivity index (χ0n) is 15.7. The van der Waals surface area contributed by atoms with E-state index in [0.717, 1.165) is 30.5 Å². The minimum absolute atomic E-state index is 0.0386. The minimum atomic E-state index is -0.0386. The molecular weight excluding hydrogens is 308 g/mol. The molecule has 3 heteroatoms. The molecule has 136 valence electrons. The van der Waals surface area contributed by atoms with Gasteiger partial charge in [-0.1, -0.05) is 69.0 Å². The molecule has 0 aliphatic heterocycles. The molecule has 0 aliphatic rings. The Kier molecular flexibility index (Phi) is 9.38. The Morgan fingerprint density at radius 2 is 1.80 bits per heavy atom. The van der Waals surface area contributed by atoms with E-state index in [1.807, 2.05) is 36.4 Å². The summed E-state index contributed by atoms with van der Waals surface area (Å²) in [4.78, 5) is 12.0. The van der Waals surface area contributed by atoms with Crippen molar-refractivity contribution in [3.8, 4) is 0 Å². The largest absolute Gasteiger partial charge is 0.380 e. The lowest BCUT2D eigenvalue weighted by Gasteiger charge is -2.21. The van der Waals surface area contributed by atoms with Crippen molar-refractivity contribution >= 4 is 5.91 Å². The van der Waals surface area contributed by atoms with Crippen molar-refractivity contribution in [1.29, 1.82) is 0 Å². The molecule has 2 N–H and O–H groups in total. The summed E-state index contributed by atoms with van der Waals surface area (Å²) >= 11 is 0. The van der Waals surface area contributed by atoms with Crippen molar-refractivity contribution in [3.05, 3.63) is 73.0 Å². The van der Waals surface area contributed by atoms with Gasteiger partial charge in [-0.05, 0) is 30.7 Å². The zero-order valence-corrected chi connectivity index (χ0v) is 15.7. The van der Waals surface area contributed by atoms with Crippen LogP contribution >= 0.6 is 0 Å². The second kappa shape index (κ2) is 11.3. The summed E-state index contributed by atoms with van der Waals surface area (Å²) in [7, 11) is 0. The molecule has 25 heavy (non-hydrogen) atoms. The first-order valence-electron chi connectivity index (χ1n) is 8.93. The Morgan fingerprint density at radius 1 is 1.12 bits per heavy atom. The van der Waals surface area contributed by atoms with Gasteiger partial charge < -0.3 is 10.6 Å². The third-order valence-corrected chi connectivity index (χ3v) is 3.98. The van der Waals surface area contributed by atoms with Crippen LogP contribution in [0.25, 0.3) is 0 Å². The lowest BCUT2D eigenvalue weighted by Crippen LogP contribution is -2.34. The molecule has 1 rings (SSSR count). The maximum Gasteiger partial charge on any atom is 0.239 e. The predicted molar refractivity (Wildman–Crippen MR) is 107 cm³/mol. The van der Waals surface area contributed by atoms with E-state index in [4.69, 9.17) is 0 Å². The smallest absolute Gasteiger partial charge is 0.239 e. The fourth-order valence-corrected chi connectivity index (χ4v) is 2.76. The fraction of sp³-hybridized carbons (Fsp3) is 0.409. The monoisotopic (exact) mass is 340 g/mol. The number of carbonyl (C=O) groups excluding carboxylic acids is 1. The van der Waals surface area contributed by atoms with Crippen molar-refractivity contribution < 1.29 is 4.79 Å². The molecule has 1 aromatic rings. The Morgan fingerprint density at radius 3 is 2.40 bits per heavy atom. The van der Waals surface area contributed by atoms with E-state index in [2.05, 4.69) is 44.2 Å². The molecular formula is C22H32N2O. The van der Waals surface area contributed by atoms with Gasteiger partial charge in [0.1, 0.15) is 0 Å². The fourth-order valence-electron chi connectivity index (χ4n) is 2.76. The van der Waals surface area contributed by atoms with E-state index in [0.29, 0.717) is 12.5 Å². The molecule has 1 unspecified atom stereocenters. The molecule has 0 spiro atoms. The molecule has 0 bridgehead atoms. The number of rotatable bonds is 12. The second-order valence-corrected chi connectivity index (χ2v) is 6.91. The first-order chi connectivity index (χ1) is 11.9. The molecule has 0 fully saturated rings. The van der Waals surface area contributed by atoms with Crippen LogP contribution in [0.4, 0.5) is 0 Å². The van der Waals surface area contributed by atoms with E-state index in [-0.39, 0.29) is 18.4 Å². The average Bonchev–Trinajstić information content (AvgIpc) is 2.57. The quantitative estimate of drug-likeness (QED) is 0.546. The van der Waals surface area contributed by atoms with Gasteiger partial charge in [0, 0.05) is 18.2 Å². The Bertz CT molecular complexity index is 575. The summed E-state index contributed by atoms with van der Waals surface area (Å²) in [6.07, 6.45) is 4.62. The van der Waals surface area contributed by atoms with Crippen LogP contribution < -0.4 is 10.6 Å². The lowest BCUT2D eigenvalue weighted by atomic mass is 9.90. The molecule has 3 nitrogen and oxygen atoms in total. The first-order valence-corrected chi connectivity index (χ1v) is 8.93. The van der Waals surface area contributed by atoms with Gasteiger partial charge in [0.2, 0.25) is 5.91 Å². The number of amides is 1. The molecule has 1 amide bonds. The average molecular weight is 341 g/mol. The number of hydrogen-bond acceptors (Lipinski definition) is 2. The van der Waals surface area contributed by atoms with Gasteiger partial charge in [-0.3, -0.25) is 4.79 Å². The number of benzene rings is 1. The van der Waals surface area contributed by atoms with Crippen LogP contribution in [0.5, 0.6) is 0 Å². The highest BCUT2D eigenvalue weighted by Gasteiger charge is 2.14. The minimum Gasteiger partial charge on any atom is -0.380 e. The Hall–Kier alpha value is -2.29. The van der Waals surface area contributed by atoms with Gasteiger partial charge in [-0.2, -0.15) is 0 Å². The maximum absolute atomic E-state index is 12.0. The van der Waals surface area contributed by atoms with Crippen molar-refractivity contribution in [3.63, 3.8) is 0 Å². The van der Waals surface area contributed by atoms with Crippen LogP contribution in [0.1, 0.15) is 38.7 Å². The van der Waals surface area contributed by atoms with Crippen LogP contribution in [0, 0.1) is 11.8 Å². The van der Waals surface area contributed by atoms with Crippen LogP contribution in [0.15, 0.2) is 67.4 Å². The highest BCUT2D eigenvalue weighted by Crippen LogP contribution is 2.24. The van der Waals surface area contributed by atoms with Gasteiger partial charge in [-0.15, -0.1) is 6.58 Å². The number of hydrogen-bond donors (Lipinski definition) is 2. The van der Waals surface area contributed by atoms with Crippen LogP contribution in [-0.4, -0.2) is 12.5 Å². The van der Waals surface area contributed by atoms with Gasteiger partial charge in [0.05, 0.1) is 6.54 Å². The van der Waals surface area contributed by atoms with Crippen LogP contribution in [0.3, 0.4) is 0 Å². The molecule has 0 saturated carbocycles. The topological polar surface area (TPSA) is 41.1 Å². The van der Waals surface area contributed by atoms with Crippen molar-refractivity contribution in [1.82, 2.24) is 10.6 Å². The van der Waals surface area contributed by atoms with E-state index in [1.165, 1.54) is 5.57 Å². The summed E-state index contributed by atoms with van der Waals surface area (Å²) < 4.78 is 0. The van der Waals surface area contributed by atoms with Crippen molar-refractivity contribution in [2.75, 3.05) is 6.54 Å². The van der Waals surface area contributed by atoms with E-state index >= 15 is 0 Å². The number of nitrogens with one attached hydrogen (secondary N) is 2. The van der Waals surface area contributed by atoms with E-state index in [9.17, 15) is 4.79 Å². The van der Waals surface area contributed by atoms with Gasteiger partial charge >= 0.3 is 0 Å². The number of allylic oxidation sites excluding steroid dienone is 3. The SMILES string of the molecule is C=CCC(CC(=C)CC(C)C)C(=C)NCC(=O)NCc1ccccc1. The van der Waals surface area contributed by atoms with Crippen LogP contribution in [-0.2, 0) is 11.3 Å². The summed E-state index contributed by atoms with van der Waals surface area (Å²) in [5.74, 6) is 0.788. The normalized spacial score (nSPS) is 11.6. The Balaban J connectivity index is 2.41. The van der Waals surface area contributed by atoms with Crippen LogP contribution in [0.2, 0.25) is 0 Å². The summed E-state index contributed by atoms with van der Waals surface area (Å²) in [6.45, 7) is 17.3. The molecule has 0 aliphatic carbocycles. The molecule has 0 heterocycles. The number of carbonyl (C=O) groups is 1. The zero-order chi connectivity index (χ0) is 18.7. The lowest BCUT2D eigenvalue weighted by molar-refractivity contribution is -0.120. The van der Waals surface area contributed by atoms with Crippen molar-refractivity contribution in [2.45, 2.75) is 39.7 Å². The summed E-state index contributed by atoms with van der Waals surface area (Å²) in [5, 5.41) is 6.08. The van der Waals surface area contributed by atoms with Gasteiger partial charge in [-0.25, -0.2) is 0 Å². The predicted octanol–water partition coefficient (Wildman–Crippen LogP) is 4.59. The highest BCUT2D eigenvalue weighted by atomic mass is 16.1. The molecule has 0 radical (unpaired) electrons. The van der Waals surface area contributed by atoms with Gasteiger partial charge in [0.25, 0.3) is 0 Å². The summed E-state index contributed by atoms with van der Waals surface area (Å²) in [6, 6.07) is 9.88. The molecule has 0 saturated heterocycles. The maximum atomic E-state index is 12.0. The highest BCUT2D eigenvalue weighted by molar-refractivity contribution is 5.78. The van der Waals surface area contributed by atoms with E-state index in [1.54, 1.807) is 0 Å². The second-order valence-electron chi connectivity index (χ2n) is 6.91. The molecule has 0 aromatic heterocycles. The third kappa shape index (κ3) is 8.94. The Labute approximate surface area is 152 Å².